The summed E-state index contributed by atoms with van der Waals surface area (Å²) in [6, 6.07) is 6.52. The van der Waals surface area contributed by atoms with E-state index in [1.54, 1.807) is 31.2 Å². The third-order valence-corrected chi connectivity index (χ3v) is 4.25. The standard InChI is InChI=1S/C15H12Cl3N3O3/c1-8(10-4-5-11(16)13(18)12(10)17)20-21-15(23)14(22)19-7-9-3-2-6-24-9/h2-6H,7H2,1H3,(H,19,22)(H,21,23)/b20-8+. The molecule has 0 bridgehead atoms. The summed E-state index contributed by atoms with van der Waals surface area (Å²) in [6.45, 7) is 1.70. The fourth-order valence-electron chi connectivity index (χ4n) is 1.71. The highest BCUT2D eigenvalue weighted by Gasteiger charge is 2.14. The van der Waals surface area contributed by atoms with Crippen molar-refractivity contribution in [2.24, 2.45) is 5.10 Å². The Hall–Kier alpha value is -2.02. The van der Waals surface area contributed by atoms with Gasteiger partial charge in [-0.05, 0) is 25.1 Å². The Balaban J connectivity index is 1.97. The SMILES string of the molecule is C/C(=N\NC(=O)C(=O)NCc1ccco1)c1ccc(Cl)c(Cl)c1Cl. The Kier molecular flexibility index (Phi) is 6.25. The van der Waals surface area contributed by atoms with Crippen molar-refractivity contribution >= 4 is 52.3 Å². The predicted molar refractivity (Wildman–Crippen MR) is 92.4 cm³/mol. The lowest BCUT2D eigenvalue weighted by Crippen LogP contribution is -2.37. The fourth-order valence-corrected chi connectivity index (χ4v) is 2.38. The zero-order valence-electron chi connectivity index (χ0n) is 12.4. The first-order chi connectivity index (χ1) is 11.4. The number of furan rings is 1. The van der Waals surface area contributed by atoms with Gasteiger partial charge in [0.05, 0.1) is 33.6 Å². The second kappa shape index (κ2) is 8.19. The maximum absolute atomic E-state index is 11.7. The largest absolute Gasteiger partial charge is 0.467 e. The lowest BCUT2D eigenvalue weighted by Gasteiger charge is -2.07. The molecule has 1 aromatic heterocycles. The summed E-state index contributed by atoms with van der Waals surface area (Å²) in [5.41, 5.74) is 3.00. The van der Waals surface area contributed by atoms with Gasteiger partial charge in [-0.3, -0.25) is 9.59 Å². The first-order valence-electron chi connectivity index (χ1n) is 6.69. The van der Waals surface area contributed by atoms with Crippen LogP contribution in [0.5, 0.6) is 0 Å². The molecule has 0 unspecified atom stereocenters. The number of carbonyl (C=O) groups excluding carboxylic acids is 2. The van der Waals surface area contributed by atoms with E-state index in [2.05, 4.69) is 15.8 Å². The van der Waals surface area contributed by atoms with Gasteiger partial charge in [-0.1, -0.05) is 40.9 Å². The molecule has 9 heteroatoms. The molecule has 2 rings (SSSR count). The van der Waals surface area contributed by atoms with Crippen molar-refractivity contribution in [2.45, 2.75) is 13.5 Å². The lowest BCUT2D eigenvalue weighted by atomic mass is 10.1. The molecular formula is C15H12Cl3N3O3. The molecule has 0 aliphatic heterocycles. The van der Waals surface area contributed by atoms with Crippen molar-refractivity contribution in [3.8, 4) is 0 Å². The summed E-state index contributed by atoms with van der Waals surface area (Å²) in [4.78, 5) is 23.4. The molecule has 0 aliphatic rings. The molecule has 2 N–H and O–H groups in total. The van der Waals surface area contributed by atoms with Gasteiger partial charge in [0.2, 0.25) is 0 Å². The van der Waals surface area contributed by atoms with Crippen LogP contribution in [0.2, 0.25) is 15.1 Å². The van der Waals surface area contributed by atoms with Crippen molar-refractivity contribution < 1.29 is 14.0 Å². The molecule has 6 nitrogen and oxygen atoms in total. The smallest absolute Gasteiger partial charge is 0.329 e. The number of hydrogen-bond acceptors (Lipinski definition) is 4. The molecule has 1 aromatic carbocycles. The first kappa shape index (κ1) is 18.3. The van der Waals surface area contributed by atoms with Crippen molar-refractivity contribution in [1.29, 1.82) is 0 Å². The van der Waals surface area contributed by atoms with Crippen molar-refractivity contribution in [3.05, 3.63) is 56.9 Å². The number of rotatable bonds is 4. The van der Waals surface area contributed by atoms with E-state index < -0.39 is 11.8 Å². The van der Waals surface area contributed by atoms with E-state index in [-0.39, 0.29) is 16.6 Å². The minimum atomic E-state index is -0.919. The van der Waals surface area contributed by atoms with E-state index in [1.807, 2.05) is 0 Å². The number of nitrogens with zero attached hydrogens (tertiary/aromatic N) is 1. The summed E-state index contributed by atoms with van der Waals surface area (Å²) in [5.74, 6) is -1.24. The Bertz CT molecular complexity index is 789. The van der Waals surface area contributed by atoms with Crippen LogP contribution in [0.1, 0.15) is 18.2 Å². The van der Waals surface area contributed by atoms with Crippen molar-refractivity contribution in [2.75, 3.05) is 0 Å². The maximum atomic E-state index is 11.7. The Morgan fingerprint density at radius 3 is 2.54 bits per heavy atom. The van der Waals surface area contributed by atoms with Crippen LogP contribution in [-0.4, -0.2) is 17.5 Å². The monoisotopic (exact) mass is 387 g/mol. The highest BCUT2D eigenvalue weighted by Crippen LogP contribution is 2.32. The van der Waals surface area contributed by atoms with Crippen LogP contribution in [0, 0.1) is 0 Å². The number of benzene rings is 1. The van der Waals surface area contributed by atoms with Crippen LogP contribution in [0.25, 0.3) is 0 Å². The Labute approximate surface area is 152 Å². The van der Waals surface area contributed by atoms with Gasteiger partial charge in [-0.25, -0.2) is 5.43 Å². The van der Waals surface area contributed by atoms with Crippen LogP contribution in [0.4, 0.5) is 0 Å². The zero-order valence-corrected chi connectivity index (χ0v) is 14.7. The summed E-state index contributed by atoms with van der Waals surface area (Å²) in [7, 11) is 0. The van der Waals surface area contributed by atoms with E-state index in [0.29, 0.717) is 22.1 Å². The molecular weight excluding hydrogens is 377 g/mol. The van der Waals surface area contributed by atoms with Gasteiger partial charge >= 0.3 is 11.8 Å². The molecule has 0 saturated heterocycles. The van der Waals surface area contributed by atoms with E-state index in [4.69, 9.17) is 39.2 Å². The highest BCUT2D eigenvalue weighted by molar-refractivity contribution is 6.49. The number of nitrogens with one attached hydrogen (secondary N) is 2. The number of hydrazone groups is 1. The average Bonchev–Trinajstić information content (AvgIpc) is 3.08. The second-order valence-corrected chi connectivity index (χ2v) is 5.79. The van der Waals surface area contributed by atoms with Gasteiger partial charge in [0.1, 0.15) is 5.76 Å². The molecule has 0 spiro atoms. The number of halogens is 3. The lowest BCUT2D eigenvalue weighted by molar-refractivity contribution is -0.139. The summed E-state index contributed by atoms with van der Waals surface area (Å²) in [6.07, 6.45) is 1.47. The Morgan fingerprint density at radius 1 is 1.12 bits per heavy atom. The van der Waals surface area contributed by atoms with Crippen molar-refractivity contribution in [3.63, 3.8) is 0 Å². The molecule has 2 aromatic rings. The van der Waals surface area contributed by atoms with Gasteiger partial charge < -0.3 is 9.73 Å². The molecule has 0 aliphatic carbocycles. The summed E-state index contributed by atoms with van der Waals surface area (Å²) in [5, 5.41) is 6.94. The van der Waals surface area contributed by atoms with Gasteiger partial charge in [0.15, 0.2) is 0 Å². The van der Waals surface area contributed by atoms with Crippen LogP contribution < -0.4 is 10.7 Å². The number of carbonyl (C=O) groups is 2. The van der Waals surface area contributed by atoms with Crippen molar-refractivity contribution in [1.82, 2.24) is 10.7 Å². The van der Waals surface area contributed by atoms with E-state index >= 15 is 0 Å². The molecule has 1 heterocycles. The maximum Gasteiger partial charge on any atom is 0.329 e. The highest BCUT2D eigenvalue weighted by atomic mass is 35.5. The van der Waals surface area contributed by atoms with E-state index in [0.717, 1.165) is 0 Å². The quantitative estimate of drug-likeness (QED) is 0.364. The van der Waals surface area contributed by atoms with Crippen LogP contribution in [-0.2, 0) is 16.1 Å². The molecule has 0 fully saturated rings. The van der Waals surface area contributed by atoms with Crippen LogP contribution in [0.3, 0.4) is 0 Å². The average molecular weight is 389 g/mol. The van der Waals surface area contributed by atoms with Gasteiger partial charge in [-0.15, -0.1) is 0 Å². The van der Waals surface area contributed by atoms with Crippen LogP contribution in [0.15, 0.2) is 40.0 Å². The van der Waals surface area contributed by atoms with Gasteiger partial charge in [-0.2, -0.15) is 5.10 Å². The topological polar surface area (TPSA) is 83.7 Å². The zero-order chi connectivity index (χ0) is 17.7. The third kappa shape index (κ3) is 4.50. The van der Waals surface area contributed by atoms with Crippen LogP contribution >= 0.6 is 34.8 Å². The molecule has 0 saturated carbocycles. The Morgan fingerprint density at radius 2 is 1.88 bits per heavy atom. The van der Waals surface area contributed by atoms with E-state index in [9.17, 15) is 9.59 Å². The minimum Gasteiger partial charge on any atom is -0.467 e. The predicted octanol–water partition coefficient (Wildman–Crippen LogP) is 3.40. The van der Waals surface area contributed by atoms with E-state index in [1.165, 1.54) is 6.26 Å². The molecule has 126 valence electrons. The third-order valence-electron chi connectivity index (χ3n) is 2.96. The second-order valence-electron chi connectivity index (χ2n) is 4.62. The summed E-state index contributed by atoms with van der Waals surface area (Å²) < 4.78 is 5.04. The fraction of sp³-hybridized carbons (Fsp3) is 0.133. The minimum absolute atomic E-state index is 0.0978. The number of amides is 2. The normalized spacial score (nSPS) is 11.2. The van der Waals surface area contributed by atoms with Gasteiger partial charge in [0.25, 0.3) is 0 Å². The molecule has 24 heavy (non-hydrogen) atoms. The molecule has 0 radical (unpaired) electrons. The molecule has 0 atom stereocenters. The molecule has 2 amide bonds. The first-order valence-corrected chi connectivity index (χ1v) is 7.82. The summed E-state index contributed by atoms with van der Waals surface area (Å²) >= 11 is 17.9. The van der Waals surface area contributed by atoms with Gasteiger partial charge in [0, 0.05) is 5.56 Å². The number of hydrogen-bond donors (Lipinski definition) is 2.